The van der Waals surface area contributed by atoms with Gasteiger partial charge in [-0.15, -0.1) is 0 Å². The Hall–Kier alpha value is -2.23. The Bertz CT molecular complexity index is 1310. The van der Waals surface area contributed by atoms with Gasteiger partial charge in [-0.1, -0.05) is 51.1 Å². The molecule has 0 saturated heterocycles. The van der Waals surface area contributed by atoms with Gasteiger partial charge >= 0.3 is 5.69 Å². The lowest BCUT2D eigenvalue weighted by atomic mass is 9.87. The van der Waals surface area contributed by atoms with Gasteiger partial charge in [-0.2, -0.15) is 0 Å². The average molecular weight is 523 g/mol. The van der Waals surface area contributed by atoms with E-state index in [1.165, 1.54) is 18.4 Å². The lowest BCUT2D eigenvalue weighted by Gasteiger charge is -2.28. The van der Waals surface area contributed by atoms with E-state index in [1.807, 2.05) is 33.1 Å². The maximum atomic E-state index is 13.6. The first kappa shape index (κ1) is 24.4. The second kappa shape index (κ2) is 8.28. The maximum Gasteiger partial charge on any atom is 0.336 e. The molecule has 2 heterocycles. The molecule has 0 radical (unpaired) electrons. The Morgan fingerprint density at radius 2 is 1.72 bits per heavy atom. The first-order valence-corrected chi connectivity index (χ1v) is 12.5. The van der Waals surface area contributed by atoms with Gasteiger partial charge in [0.15, 0.2) is 0 Å². The quantitative estimate of drug-likeness (QED) is 0.518. The molecule has 2 atom stereocenters. The molecule has 0 aliphatic rings. The standard InChI is InChI=1S/C23H27BrN2O5S/c1-22(2,3)16-15-18(28)26(23(4,5)20(29)30)21(31)25(19(15)32(6)17(16)24)12-14(27)13-10-8-7-9-11-13/h7-11,14,27H,12H2,1-6H3/t14-,32?/m1/s1. The minimum absolute atomic E-state index is 0.121. The van der Waals surface area contributed by atoms with Crippen LogP contribution in [-0.4, -0.2) is 20.2 Å². The van der Waals surface area contributed by atoms with Crippen molar-refractivity contribution >= 4 is 42.6 Å². The summed E-state index contributed by atoms with van der Waals surface area (Å²) in [6, 6.07) is 8.88. The first-order valence-electron chi connectivity index (χ1n) is 10.1. The van der Waals surface area contributed by atoms with Crippen LogP contribution in [0.25, 0.3) is 10.2 Å². The van der Waals surface area contributed by atoms with Gasteiger partial charge in [-0.3, -0.25) is 4.79 Å². The Labute approximate surface area is 197 Å². The van der Waals surface area contributed by atoms with Crippen molar-refractivity contribution in [2.24, 2.45) is 6.26 Å². The van der Waals surface area contributed by atoms with Crippen molar-refractivity contribution in [2.75, 3.05) is 0 Å². The first-order chi connectivity index (χ1) is 14.7. The van der Waals surface area contributed by atoms with Crippen molar-refractivity contribution in [2.45, 2.75) is 58.2 Å². The molecule has 3 rings (SSSR count). The van der Waals surface area contributed by atoms with Crippen molar-refractivity contribution < 1.29 is 15.0 Å². The zero-order valence-electron chi connectivity index (χ0n) is 18.9. The van der Waals surface area contributed by atoms with Crippen LogP contribution >= 0.6 is 26.4 Å². The largest absolute Gasteiger partial charge is 0.548 e. The van der Waals surface area contributed by atoms with Crippen LogP contribution in [0.3, 0.4) is 0 Å². The fourth-order valence-corrected chi connectivity index (χ4v) is 6.99. The summed E-state index contributed by atoms with van der Waals surface area (Å²) in [6.07, 6.45) is 0.879. The molecule has 0 saturated carbocycles. The third-order valence-corrected chi connectivity index (χ3v) is 9.25. The van der Waals surface area contributed by atoms with Gasteiger partial charge in [0, 0.05) is 32.0 Å². The number of carboxylic acids is 1. The Morgan fingerprint density at radius 3 is 2.22 bits per heavy atom. The van der Waals surface area contributed by atoms with E-state index in [0.29, 0.717) is 15.8 Å². The maximum absolute atomic E-state index is 13.6. The number of carbonyl (C=O) groups excluding carboxylic acids is 1. The topological polar surface area (TPSA) is 104 Å². The number of hydrogen-bond donors (Lipinski definition) is 1. The SMILES string of the molecule is C[s+]1c(Br)c(C(C)(C)C)c2c(=O)n(C(C)(C)C(=O)[O-])c(=O)n(C[C@@H](O)c3ccccc3)c21. The molecule has 1 unspecified atom stereocenters. The average Bonchev–Trinajstić information content (AvgIpc) is 2.97. The zero-order chi connectivity index (χ0) is 24.2. The summed E-state index contributed by atoms with van der Waals surface area (Å²) >= 11 is 3.63. The number of rotatable bonds is 5. The van der Waals surface area contributed by atoms with Gasteiger partial charge in [0.25, 0.3) is 10.4 Å². The lowest BCUT2D eigenvalue weighted by Crippen LogP contribution is -2.56. The van der Waals surface area contributed by atoms with Crippen molar-refractivity contribution in [3.05, 3.63) is 66.1 Å². The second-order valence-corrected chi connectivity index (χ2v) is 12.5. The third-order valence-electron chi connectivity index (χ3n) is 5.65. The molecule has 7 nitrogen and oxygen atoms in total. The molecule has 32 heavy (non-hydrogen) atoms. The van der Waals surface area contributed by atoms with Crippen LogP contribution in [0.15, 0.2) is 43.7 Å². The molecular formula is C23H27BrN2O5S. The minimum Gasteiger partial charge on any atom is -0.548 e. The highest BCUT2D eigenvalue weighted by atomic mass is 79.9. The monoisotopic (exact) mass is 522 g/mol. The van der Waals surface area contributed by atoms with Crippen LogP contribution in [0, 0.1) is 0 Å². The number of halogens is 1. The van der Waals surface area contributed by atoms with Crippen LogP contribution < -0.4 is 16.4 Å². The predicted octanol–water partition coefficient (Wildman–Crippen LogP) is 2.73. The molecule has 1 aromatic carbocycles. The molecule has 0 bridgehead atoms. The number of aliphatic hydroxyl groups excluding tert-OH is 1. The summed E-state index contributed by atoms with van der Waals surface area (Å²) < 4.78 is 2.89. The third kappa shape index (κ3) is 3.86. The zero-order valence-corrected chi connectivity index (χ0v) is 21.3. The number of fused-ring (bicyclic) bond motifs is 1. The Morgan fingerprint density at radius 1 is 1.16 bits per heavy atom. The molecular weight excluding hydrogens is 496 g/mol. The number of nitrogens with zero attached hydrogens (tertiary/aromatic N) is 2. The van der Waals surface area contributed by atoms with Gasteiger partial charge in [0.2, 0.25) is 3.79 Å². The summed E-state index contributed by atoms with van der Waals surface area (Å²) in [5, 5.41) is 23.1. The van der Waals surface area contributed by atoms with E-state index < -0.39 is 44.7 Å². The number of carbonyl (C=O) groups is 1. The number of aliphatic hydroxyl groups is 1. The van der Waals surface area contributed by atoms with Crippen molar-refractivity contribution in [3.8, 4) is 0 Å². The Kier molecular flexibility index (Phi) is 6.32. The molecule has 0 spiro atoms. The highest BCUT2D eigenvalue weighted by molar-refractivity contribution is 9.11. The van der Waals surface area contributed by atoms with Crippen LogP contribution in [0.5, 0.6) is 0 Å². The molecule has 0 aliphatic heterocycles. The molecule has 0 amide bonds. The minimum atomic E-state index is -1.88. The molecule has 3 aromatic rings. The molecule has 172 valence electrons. The van der Waals surface area contributed by atoms with Crippen LogP contribution in [0.1, 0.15) is 51.8 Å². The van der Waals surface area contributed by atoms with E-state index in [-0.39, 0.29) is 6.54 Å². The van der Waals surface area contributed by atoms with Gasteiger partial charge in [0.05, 0.1) is 24.2 Å². The summed E-state index contributed by atoms with van der Waals surface area (Å²) in [5.41, 5.74) is -2.44. The van der Waals surface area contributed by atoms with Crippen molar-refractivity contribution in [3.63, 3.8) is 0 Å². The van der Waals surface area contributed by atoms with Crippen LogP contribution in [0.4, 0.5) is 0 Å². The number of aryl methyl sites for hydroxylation is 1. The number of aromatic nitrogens is 2. The molecule has 2 aromatic heterocycles. The van der Waals surface area contributed by atoms with E-state index in [0.717, 1.165) is 13.9 Å². The van der Waals surface area contributed by atoms with E-state index in [2.05, 4.69) is 15.9 Å². The number of carboxylic acid groups (broad SMARTS) is 1. The Balaban J connectivity index is 2.49. The van der Waals surface area contributed by atoms with Gasteiger partial charge < -0.3 is 15.0 Å². The number of thiophene rings is 1. The predicted molar refractivity (Wildman–Crippen MR) is 128 cm³/mol. The molecule has 0 aliphatic carbocycles. The van der Waals surface area contributed by atoms with Crippen molar-refractivity contribution in [1.82, 2.24) is 9.13 Å². The van der Waals surface area contributed by atoms with Crippen LogP contribution in [-0.2, 0) is 28.5 Å². The van der Waals surface area contributed by atoms with Crippen LogP contribution in [0.2, 0.25) is 0 Å². The van der Waals surface area contributed by atoms with E-state index in [9.17, 15) is 24.6 Å². The van der Waals surface area contributed by atoms with E-state index in [4.69, 9.17) is 0 Å². The lowest BCUT2D eigenvalue weighted by molar-refractivity contribution is -0.316. The van der Waals surface area contributed by atoms with Gasteiger partial charge in [0.1, 0.15) is 11.6 Å². The highest BCUT2D eigenvalue weighted by Crippen LogP contribution is 2.46. The van der Waals surface area contributed by atoms with Crippen molar-refractivity contribution in [1.29, 1.82) is 0 Å². The summed E-state index contributed by atoms with van der Waals surface area (Å²) in [4.78, 5) is 39.6. The second-order valence-electron chi connectivity index (χ2n) is 9.40. The number of hydrogen-bond acceptors (Lipinski definition) is 5. The molecule has 9 heteroatoms. The summed E-state index contributed by atoms with van der Waals surface area (Å²) in [5.74, 6) is -1.54. The van der Waals surface area contributed by atoms with E-state index in [1.54, 1.807) is 24.3 Å². The summed E-state index contributed by atoms with van der Waals surface area (Å²) in [7, 11) is -0.648. The molecule has 0 fully saturated rings. The normalized spacial score (nSPS) is 14.1. The number of benzene rings is 1. The highest BCUT2D eigenvalue weighted by Gasteiger charge is 2.39. The summed E-state index contributed by atoms with van der Waals surface area (Å²) in [6.45, 7) is 8.29. The number of aliphatic carboxylic acids is 1. The van der Waals surface area contributed by atoms with Gasteiger partial charge in [-0.25, -0.2) is 13.9 Å². The fraction of sp³-hybridized carbons (Fsp3) is 0.435. The smallest absolute Gasteiger partial charge is 0.336 e. The molecule has 1 N–H and O–H groups in total. The van der Waals surface area contributed by atoms with E-state index >= 15 is 0 Å². The fourth-order valence-electron chi connectivity index (χ4n) is 3.87. The van der Waals surface area contributed by atoms with Gasteiger partial charge in [-0.05, 0) is 24.8 Å².